The minimum atomic E-state index is -0.416. The maximum atomic E-state index is 10.6. The Bertz CT molecular complexity index is 579. The molecule has 0 radical (unpaired) electrons. The Kier molecular flexibility index (Phi) is 4.80. The van der Waals surface area contributed by atoms with Crippen LogP contribution < -0.4 is 0 Å². The number of rotatable bonds is 7. The van der Waals surface area contributed by atoms with Gasteiger partial charge in [0.05, 0.1) is 9.80 Å². The molecule has 20 heavy (non-hydrogen) atoms. The largest absolute Gasteiger partial charge is 0.359 e. The van der Waals surface area contributed by atoms with Gasteiger partial charge in [-0.05, 0) is 18.4 Å². The van der Waals surface area contributed by atoms with E-state index >= 15 is 0 Å². The lowest BCUT2D eigenvalue weighted by Crippen LogP contribution is -2.05. The van der Waals surface area contributed by atoms with Gasteiger partial charge in [0.15, 0.2) is 5.82 Å². The molecular formula is C12H16N4O3S. The molecule has 108 valence electrons. The predicted molar refractivity (Wildman–Crippen MR) is 75.4 cm³/mol. The molecule has 0 fully saturated rings. The fourth-order valence-electron chi connectivity index (χ4n) is 1.49. The van der Waals surface area contributed by atoms with E-state index in [9.17, 15) is 10.1 Å². The summed E-state index contributed by atoms with van der Waals surface area (Å²) in [7, 11) is 0. The second kappa shape index (κ2) is 6.58. The van der Waals surface area contributed by atoms with Crippen LogP contribution in [0.3, 0.4) is 0 Å². The minimum Gasteiger partial charge on any atom is -0.359 e. The fraction of sp³-hybridized carbons (Fsp3) is 0.500. The van der Waals surface area contributed by atoms with E-state index in [0.717, 1.165) is 17.8 Å². The van der Waals surface area contributed by atoms with Crippen LogP contribution in [-0.2, 0) is 11.5 Å². The molecule has 2 aromatic heterocycles. The first kappa shape index (κ1) is 14.6. The summed E-state index contributed by atoms with van der Waals surface area (Å²) < 4.78 is 7.06. The fourth-order valence-corrected chi connectivity index (χ4v) is 2.25. The lowest BCUT2D eigenvalue weighted by molar-refractivity contribution is -0.380. The monoisotopic (exact) mass is 296 g/mol. The summed E-state index contributed by atoms with van der Waals surface area (Å²) in [6.07, 6.45) is 2.56. The second-order valence-electron chi connectivity index (χ2n) is 4.72. The standard InChI is InChI=1S/C12H16N4O3S/c1-9(2)5-6-19-8-15-7-13-12(14-15)10-3-4-11(20-10)16(17)18/h3-4,7,9H,5-6,8H2,1-2H3. The Labute approximate surface area is 120 Å². The van der Waals surface area contributed by atoms with Crippen LogP contribution in [0.25, 0.3) is 10.7 Å². The molecule has 7 nitrogen and oxygen atoms in total. The molecule has 2 aromatic rings. The van der Waals surface area contributed by atoms with E-state index in [1.165, 1.54) is 6.07 Å². The molecule has 0 aliphatic rings. The Hall–Kier alpha value is -1.80. The Balaban J connectivity index is 1.92. The average molecular weight is 296 g/mol. The van der Waals surface area contributed by atoms with Gasteiger partial charge < -0.3 is 4.74 Å². The third-order valence-electron chi connectivity index (χ3n) is 2.59. The smallest absolute Gasteiger partial charge is 0.324 e. The third-order valence-corrected chi connectivity index (χ3v) is 3.62. The van der Waals surface area contributed by atoms with Crippen LogP contribution >= 0.6 is 11.3 Å². The second-order valence-corrected chi connectivity index (χ2v) is 5.78. The van der Waals surface area contributed by atoms with Crippen molar-refractivity contribution in [3.63, 3.8) is 0 Å². The van der Waals surface area contributed by atoms with Crippen LogP contribution in [-0.4, -0.2) is 26.3 Å². The zero-order valence-electron chi connectivity index (χ0n) is 11.4. The van der Waals surface area contributed by atoms with Crippen molar-refractivity contribution >= 4 is 16.3 Å². The number of aromatic nitrogens is 3. The molecule has 0 aliphatic carbocycles. The highest BCUT2D eigenvalue weighted by atomic mass is 32.1. The molecule has 0 N–H and O–H groups in total. The molecule has 8 heteroatoms. The van der Waals surface area contributed by atoms with Crippen LogP contribution in [0.4, 0.5) is 5.00 Å². The predicted octanol–water partition coefficient (Wildman–Crippen LogP) is 2.94. The van der Waals surface area contributed by atoms with Gasteiger partial charge in [-0.3, -0.25) is 10.1 Å². The molecule has 0 saturated carbocycles. The summed E-state index contributed by atoms with van der Waals surface area (Å²) in [5, 5.41) is 15.0. The number of hydrogen-bond acceptors (Lipinski definition) is 6. The first-order chi connectivity index (χ1) is 9.56. The van der Waals surface area contributed by atoms with E-state index in [4.69, 9.17) is 4.74 Å². The van der Waals surface area contributed by atoms with Crippen molar-refractivity contribution in [3.05, 3.63) is 28.6 Å². The summed E-state index contributed by atoms with van der Waals surface area (Å²) in [6, 6.07) is 3.11. The molecular weight excluding hydrogens is 280 g/mol. The molecule has 0 saturated heterocycles. The van der Waals surface area contributed by atoms with Crippen LogP contribution in [0.15, 0.2) is 18.5 Å². The minimum absolute atomic E-state index is 0.0875. The molecule has 0 atom stereocenters. The van der Waals surface area contributed by atoms with Gasteiger partial charge in [0.1, 0.15) is 13.1 Å². The van der Waals surface area contributed by atoms with E-state index in [-0.39, 0.29) is 5.00 Å². The van der Waals surface area contributed by atoms with Gasteiger partial charge in [0.25, 0.3) is 0 Å². The summed E-state index contributed by atoms with van der Waals surface area (Å²) in [4.78, 5) is 15.0. The number of nitrogens with zero attached hydrogens (tertiary/aromatic N) is 4. The Morgan fingerprint density at radius 2 is 2.30 bits per heavy atom. The van der Waals surface area contributed by atoms with Gasteiger partial charge in [-0.25, -0.2) is 9.67 Å². The molecule has 0 amide bonds. The summed E-state index contributed by atoms with van der Waals surface area (Å²) >= 11 is 1.06. The number of ether oxygens (including phenoxy) is 1. The van der Waals surface area contributed by atoms with Crippen LogP contribution in [0, 0.1) is 16.0 Å². The van der Waals surface area contributed by atoms with E-state index in [1.54, 1.807) is 17.1 Å². The summed E-state index contributed by atoms with van der Waals surface area (Å²) in [5.74, 6) is 1.09. The van der Waals surface area contributed by atoms with E-state index in [2.05, 4.69) is 23.9 Å². The lowest BCUT2D eigenvalue weighted by atomic mass is 10.1. The molecule has 0 spiro atoms. The van der Waals surface area contributed by atoms with Gasteiger partial charge >= 0.3 is 5.00 Å². The molecule has 0 aliphatic heterocycles. The van der Waals surface area contributed by atoms with Crippen molar-refractivity contribution in [1.29, 1.82) is 0 Å². The Morgan fingerprint density at radius 1 is 1.50 bits per heavy atom. The summed E-state index contributed by atoms with van der Waals surface area (Å²) in [6.45, 7) is 5.30. The molecule has 2 heterocycles. The van der Waals surface area contributed by atoms with E-state index < -0.39 is 4.92 Å². The van der Waals surface area contributed by atoms with Gasteiger partial charge in [0.2, 0.25) is 0 Å². The SMILES string of the molecule is CC(C)CCOCn1cnc(-c2ccc([N+](=O)[O-])s2)n1. The van der Waals surface area contributed by atoms with Crippen molar-refractivity contribution in [2.75, 3.05) is 6.61 Å². The van der Waals surface area contributed by atoms with Gasteiger partial charge in [-0.2, -0.15) is 0 Å². The van der Waals surface area contributed by atoms with Crippen LogP contribution in [0.5, 0.6) is 0 Å². The van der Waals surface area contributed by atoms with Crippen molar-refractivity contribution in [3.8, 4) is 10.7 Å². The highest BCUT2D eigenvalue weighted by Gasteiger charge is 2.13. The third kappa shape index (κ3) is 3.84. The number of nitro groups is 1. The van der Waals surface area contributed by atoms with Gasteiger partial charge in [-0.15, -0.1) is 5.10 Å². The van der Waals surface area contributed by atoms with E-state index in [0.29, 0.717) is 30.0 Å². The zero-order chi connectivity index (χ0) is 14.5. The van der Waals surface area contributed by atoms with Crippen molar-refractivity contribution in [2.24, 2.45) is 5.92 Å². The average Bonchev–Trinajstić information content (AvgIpc) is 3.03. The number of thiophene rings is 1. The first-order valence-electron chi connectivity index (χ1n) is 6.28. The maximum Gasteiger partial charge on any atom is 0.324 e. The Morgan fingerprint density at radius 3 is 2.95 bits per heavy atom. The highest BCUT2D eigenvalue weighted by molar-refractivity contribution is 7.18. The normalized spacial score (nSPS) is 11.2. The van der Waals surface area contributed by atoms with Crippen molar-refractivity contribution in [2.45, 2.75) is 27.0 Å². The lowest BCUT2D eigenvalue weighted by Gasteiger charge is -2.05. The van der Waals surface area contributed by atoms with Gasteiger partial charge in [0, 0.05) is 12.7 Å². The number of hydrogen-bond donors (Lipinski definition) is 0. The van der Waals surface area contributed by atoms with Gasteiger partial charge in [-0.1, -0.05) is 25.2 Å². The van der Waals surface area contributed by atoms with E-state index in [1.807, 2.05) is 0 Å². The molecule has 2 rings (SSSR count). The quantitative estimate of drug-likeness (QED) is 0.445. The molecule has 0 bridgehead atoms. The topological polar surface area (TPSA) is 83.1 Å². The van der Waals surface area contributed by atoms with Crippen LogP contribution in [0.1, 0.15) is 20.3 Å². The van der Waals surface area contributed by atoms with Crippen molar-refractivity contribution in [1.82, 2.24) is 14.8 Å². The maximum absolute atomic E-state index is 10.6. The molecule has 0 unspecified atom stereocenters. The molecule has 0 aromatic carbocycles. The summed E-state index contributed by atoms with van der Waals surface area (Å²) in [5.41, 5.74) is 0. The van der Waals surface area contributed by atoms with Crippen molar-refractivity contribution < 1.29 is 9.66 Å². The first-order valence-corrected chi connectivity index (χ1v) is 7.09. The highest BCUT2D eigenvalue weighted by Crippen LogP contribution is 2.30. The van der Waals surface area contributed by atoms with Crippen LogP contribution in [0.2, 0.25) is 0 Å². The zero-order valence-corrected chi connectivity index (χ0v) is 12.2.